The number of hydrogen-bond acceptors (Lipinski definition) is 4. The number of halogens is 1. The molecular formula is C10H9FN2O4. The van der Waals surface area contributed by atoms with Crippen LogP contribution in [0.2, 0.25) is 0 Å². The number of nitrogens with zero attached hydrogens (tertiary/aromatic N) is 1. The monoisotopic (exact) mass is 240 g/mol. The average Bonchev–Trinajstić information content (AvgIpc) is 2.59. The molecule has 0 spiro atoms. The Labute approximate surface area is 94.2 Å². The molecule has 2 N–H and O–H groups in total. The van der Waals surface area contributed by atoms with Crippen LogP contribution in [0.25, 0.3) is 5.52 Å². The summed E-state index contributed by atoms with van der Waals surface area (Å²) in [6, 6.07) is 0.994. The zero-order chi connectivity index (χ0) is 12.6. The van der Waals surface area contributed by atoms with Gasteiger partial charge in [0.15, 0.2) is 11.3 Å². The molecule has 0 aliphatic rings. The molecule has 0 bridgehead atoms. The Morgan fingerprint density at radius 1 is 1.65 bits per heavy atom. The Morgan fingerprint density at radius 3 is 3.00 bits per heavy atom. The van der Waals surface area contributed by atoms with Crippen LogP contribution in [0.15, 0.2) is 17.1 Å². The van der Waals surface area contributed by atoms with Gasteiger partial charge in [0.25, 0.3) is 5.56 Å². The minimum absolute atomic E-state index is 0.00912. The maximum Gasteiger partial charge on any atom is 0.347 e. The van der Waals surface area contributed by atoms with Crippen LogP contribution >= 0.6 is 0 Å². The standard InChI is InChI=1S/C10H9FN2O4/c1-2-17-10(16)7-8(14)6-3-5(11)4-13(6)12-9(7)15/h3-4,14H,2H2,1H3,(H,12,15). The summed E-state index contributed by atoms with van der Waals surface area (Å²) in [7, 11) is 0. The normalized spacial score (nSPS) is 10.7. The van der Waals surface area contributed by atoms with Gasteiger partial charge < -0.3 is 9.84 Å². The number of carbonyl (C=O) groups is 1. The second kappa shape index (κ2) is 3.93. The molecule has 2 rings (SSSR count). The van der Waals surface area contributed by atoms with Crippen molar-refractivity contribution >= 4 is 11.5 Å². The highest BCUT2D eigenvalue weighted by atomic mass is 19.1. The van der Waals surface area contributed by atoms with Crippen molar-refractivity contribution in [1.82, 2.24) is 9.61 Å². The third kappa shape index (κ3) is 1.75. The molecule has 0 aliphatic carbocycles. The molecule has 0 aromatic carbocycles. The lowest BCUT2D eigenvalue weighted by atomic mass is 10.2. The first-order valence-corrected chi connectivity index (χ1v) is 4.84. The van der Waals surface area contributed by atoms with E-state index >= 15 is 0 Å². The molecule has 0 atom stereocenters. The fourth-order valence-corrected chi connectivity index (χ4v) is 1.50. The first-order valence-electron chi connectivity index (χ1n) is 4.84. The minimum atomic E-state index is -0.949. The number of ether oxygens (including phenoxy) is 1. The molecule has 90 valence electrons. The second-order valence-electron chi connectivity index (χ2n) is 3.30. The maximum absolute atomic E-state index is 12.9. The number of carbonyl (C=O) groups excluding carboxylic acids is 1. The zero-order valence-electron chi connectivity index (χ0n) is 8.86. The van der Waals surface area contributed by atoms with Gasteiger partial charge in [-0.2, -0.15) is 0 Å². The lowest BCUT2D eigenvalue weighted by Gasteiger charge is -2.04. The number of esters is 1. The molecule has 0 unspecified atom stereocenters. The fraction of sp³-hybridized carbons (Fsp3) is 0.200. The molecule has 0 saturated carbocycles. The van der Waals surface area contributed by atoms with Crippen molar-refractivity contribution in [1.29, 1.82) is 0 Å². The zero-order valence-corrected chi connectivity index (χ0v) is 8.86. The van der Waals surface area contributed by atoms with Crippen LogP contribution in [0.3, 0.4) is 0 Å². The van der Waals surface area contributed by atoms with Crippen molar-refractivity contribution < 1.29 is 19.0 Å². The van der Waals surface area contributed by atoms with Gasteiger partial charge >= 0.3 is 5.97 Å². The van der Waals surface area contributed by atoms with Crippen molar-refractivity contribution in [2.75, 3.05) is 6.61 Å². The van der Waals surface area contributed by atoms with Crippen molar-refractivity contribution in [3.05, 3.63) is 34.0 Å². The molecule has 0 saturated heterocycles. The molecule has 0 amide bonds. The average molecular weight is 240 g/mol. The number of aromatic nitrogens is 2. The molecule has 0 aliphatic heterocycles. The smallest absolute Gasteiger partial charge is 0.347 e. The lowest BCUT2D eigenvalue weighted by Crippen LogP contribution is -2.22. The summed E-state index contributed by atoms with van der Waals surface area (Å²) in [4.78, 5) is 23.0. The van der Waals surface area contributed by atoms with Gasteiger partial charge in [-0.1, -0.05) is 0 Å². The number of aromatic amines is 1. The molecule has 2 aromatic rings. The van der Waals surface area contributed by atoms with E-state index in [-0.39, 0.29) is 12.1 Å². The highest BCUT2D eigenvalue weighted by Crippen LogP contribution is 2.22. The van der Waals surface area contributed by atoms with Crippen molar-refractivity contribution in [3.63, 3.8) is 0 Å². The van der Waals surface area contributed by atoms with E-state index in [9.17, 15) is 19.1 Å². The van der Waals surface area contributed by atoms with E-state index in [1.165, 1.54) is 0 Å². The molecule has 2 heterocycles. The summed E-state index contributed by atoms with van der Waals surface area (Å²) >= 11 is 0. The Kier molecular flexibility index (Phi) is 2.58. The number of fused-ring (bicyclic) bond motifs is 1. The Hall–Kier alpha value is -2.31. The number of H-pyrrole nitrogens is 1. The summed E-state index contributed by atoms with van der Waals surface area (Å²) in [6.45, 7) is 1.64. The third-order valence-electron chi connectivity index (χ3n) is 2.19. The summed E-state index contributed by atoms with van der Waals surface area (Å²) in [5.74, 6) is -2.19. The quantitative estimate of drug-likeness (QED) is 0.755. The van der Waals surface area contributed by atoms with E-state index in [1.54, 1.807) is 6.92 Å². The molecule has 7 heteroatoms. The molecule has 6 nitrogen and oxygen atoms in total. The number of rotatable bonds is 2. The number of aromatic hydroxyl groups is 1. The molecule has 0 radical (unpaired) electrons. The maximum atomic E-state index is 12.9. The van der Waals surface area contributed by atoms with Crippen LogP contribution in [0.4, 0.5) is 4.39 Å². The van der Waals surface area contributed by atoms with E-state index in [4.69, 9.17) is 0 Å². The molecular weight excluding hydrogens is 231 g/mol. The molecule has 2 aromatic heterocycles. The molecule has 17 heavy (non-hydrogen) atoms. The van der Waals surface area contributed by atoms with Gasteiger partial charge in [0, 0.05) is 6.07 Å². The van der Waals surface area contributed by atoms with Crippen LogP contribution in [0.5, 0.6) is 5.75 Å². The highest BCUT2D eigenvalue weighted by Gasteiger charge is 2.21. The Bertz CT molecular complexity index is 644. The predicted octanol–water partition coefficient (Wildman–Crippen LogP) is 0.649. The van der Waals surface area contributed by atoms with E-state index in [0.29, 0.717) is 0 Å². The van der Waals surface area contributed by atoms with Crippen LogP contribution in [0, 0.1) is 5.82 Å². The largest absolute Gasteiger partial charge is 0.505 e. The number of hydrogen-bond donors (Lipinski definition) is 2. The SMILES string of the molecule is CCOC(=O)c1c(O)c2cc(F)cn2[nH]c1=O. The minimum Gasteiger partial charge on any atom is -0.505 e. The summed E-state index contributed by atoms with van der Waals surface area (Å²) in [6.07, 6.45) is 0.978. The first-order chi connectivity index (χ1) is 8.04. The Balaban J connectivity index is 2.71. The van der Waals surface area contributed by atoms with Crippen LogP contribution in [-0.4, -0.2) is 27.3 Å². The van der Waals surface area contributed by atoms with Gasteiger partial charge in [0.05, 0.1) is 12.8 Å². The van der Waals surface area contributed by atoms with Gasteiger partial charge in [-0.25, -0.2) is 9.18 Å². The van der Waals surface area contributed by atoms with E-state index in [0.717, 1.165) is 16.8 Å². The summed E-state index contributed by atoms with van der Waals surface area (Å²) < 4.78 is 18.6. The van der Waals surface area contributed by atoms with Gasteiger partial charge in [-0.15, -0.1) is 0 Å². The van der Waals surface area contributed by atoms with E-state index in [1.807, 2.05) is 0 Å². The summed E-state index contributed by atoms with van der Waals surface area (Å²) in [5.41, 5.74) is -1.38. The van der Waals surface area contributed by atoms with Crippen molar-refractivity contribution in [3.8, 4) is 5.75 Å². The van der Waals surface area contributed by atoms with E-state index < -0.39 is 28.7 Å². The predicted molar refractivity (Wildman–Crippen MR) is 55.6 cm³/mol. The summed E-state index contributed by atoms with van der Waals surface area (Å²) in [5, 5.41) is 12.0. The topological polar surface area (TPSA) is 83.8 Å². The van der Waals surface area contributed by atoms with Gasteiger partial charge in [0.2, 0.25) is 0 Å². The van der Waals surface area contributed by atoms with E-state index in [2.05, 4.69) is 9.84 Å². The lowest BCUT2D eigenvalue weighted by molar-refractivity contribution is 0.0520. The van der Waals surface area contributed by atoms with Crippen LogP contribution in [0.1, 0.15) is 17.3 Å². The second-order valence-corrected chi connectivity index (χ2v) is 3.30. The third-order valence-corrected chi connectivity index (χ3v) is 2.19. The molecule has 0 fully saturated rings. The number of nitrogens with one attached hydrogen (secondary N) is 1. The van der Waals surface area contributed by atoms with Gasteiger partial charge in [-0.05, 0) is 6.92 Å². The Morgan fingerprint density at radius 2 is 2.35 bits per heavy atom. The van der Waals surface area contributed by atoms with Crippen LogP contribution < -0.4 is 5.56 Å². The first kappa shape index (κ1) is 11.2. The van der Waals surface area contributed by atoms with Crippen molar-refractivity contribution in [2.45, 2.75) is 6.92 Å². The van der Waals surface area contributed by atoms with Gasteiger partial charge in [0.1, 0.15) is 11.3 Å². The fourth-order valence-electron chi connectivity index (χ4n) is 1.50. The van der Waals surface area contributed by atoms with Gasteiger partial charge in [-0.3, -0.25) is 14.4 Å². The highest BCUT2D eigenvalue weighted by molar-refractivity contribution is 5.94. The van der Waals surface area contributed by atoms with Crippen LogP contribution in [-0.2, 0) is 4.74 Å². The van der Waals surface area contributed by atoms with Crippen molar-refractivity contribution in [2.24, 2.45) is 0 Å².